The number of fused-ring (bicyclic) bond motifs is 1. The van der Waals surface area contributed by atoms with E-state index >= 15 is 4.39 Å². The minimum atomic E-state index is -3.30. The molecule has 0 aliphatic rings. The average Bonchev–Trinajstić information content (AvgIpc) is 3.19. The van der Waals surface area contributed by atoms with Gasteiger partial charge in [-0.3, -0.25) is 9.31 Å². The number of hydrogen-bond donors (Lipinski definition) is 3. The molecule has 2 N–H and O–H groups in total. The standard InChI is InChI=1S/C22H17ClF2N4OS/c1-13-3-6-17(23)20(9-13)31(2,30)29-19-8-7-18(24)16(21(19)25)5-4-14-10-15-12-27-28-22(15)26-11-14/h3,6-12,31H,1-2H3,(H,29,30)(H,26,27,28). The molecule has 0 unspecified atom stereocenters. The van der Waals surface area contributed by atoms with E-state index in [1.807, 2.05) is 6.92 Å². The highest BCUT2D eigenvalue weighted by Crippen LogP contribution is 2.30. The fourth-order valence-electron chi connectivity index (χ4n) is 3.03. The molecular weight excluding hydrogens is 442 g/mol. The lowest BCUT2D eigenvalue weighted by atomic mass is 10.1. The molecule has 0 radical (unpaired) electrons. The van der Waals surface area contributed by atoms with Gasteiger partial charge in [0, 0.05) is 23.4 Å². The number of hydrogen-bond acceptors (Lipinski definition) is 3. The molecule has 0 aliphatic heterocycles. The number of anilines is 1. The second-order valence-corrected chi connectivity index (χ2v) is 10.0. The molecule has 2 aromatic heterocycles. The van der Waals surface area contributed by atoms with Gasteiger partial charge in [0.15, 0.2) is 11.5 Å². The van der Waals surface area contributed by atoms with Crippen molar-refractivity contribution in [1.82, 2.24) is 15.2 Å². The van der Waals surface area contributed by atoms with Crippen LogP contribution >= 0.6 is 11.6 Å². The summed E-state index contributed by atoms with van der Waals surface area (Å²) >= 11 is 6.19. The smallest absolute Gasteiger partial charge is 0.165 e. The van der Waals surface area contributed by atoms with Gasteiger partial charge in [-0.15, -0.1) is 0 Å². The van der Waals surface area contributed by atoms with E-state index in [4.69, 9.17) is 11.6 Å². The summed E-state index contributed by atoms with van der Waals surface area (Å²) in [6, 6.07) is 9.06. The maximum Gasteiger partial charge on any atom is 0.165 e. The van der Waals surface area contributed by atoms with Crippen LogP contribution in [0.5, 0.6) is 0 Å². The number of aromatic nitrogens is 3. The van der Waals surface area contributed by atoms with Crippen LogP contribution in [0.1, 0.15) is 16.7 Å². The summed E-state index contributed by atoms with van der Waals surface area (Å²) in [6.45, 7) is 1.84. The van der Waals surface area contributed by atoms with Gasteiger partial charge in [-0.2, -0.15) is 5.10 Å². The van der Waals surface area contributed by atoms with Gasteiger partial charge in [-0.25, -0.2) is 13.8 Å². The van der Waals surface area contributed by atoms with Gasteiger partial charge in [0.1, 0.15) is 5.82 Å². The predicted molar refractivity (Wildman–Crippen MR) is 120 cm³/mol. The zero-order chi connectivity index (χ0) is 22.2. The fraction of sp³-hybridized carbons (Fsp3) is 0.0909. The van der Waals surface area contributed by atoms with Crippen LogP contribution in [0.25, 0.3) is 11.0 Å². The molecule has 2 heterocycles. The zero-order valence-corrected chi connectivity index (χ0v) is 18.2. The highest BCUT2D eigenvalue weighted by atomic mass is 35.5. The molecule has 0 atom stereocenters. The van der Waals surface area contributed by atoms with Crippen molar-refractivity contribution in [3.8, 4) is 11.8 Å². The number of H-pyrrole nitrogens is 1. The molecule has 4 rings (SSSR count). The molecule has 9 heteroatoms. The molecular formula is C22H17ClF2N4OS. The normalized spacial score (nSPS) is 11.8. The van der Waals surface area contributed by atoms with E-state index in [0.29, 0.717) is 21.1 Å². The lowest BCUT2D eigenvalue weighted by Gasteiger charge is -2.24. The van der Waals surface area contributed by atoms with Crippen LogP contribution in [-0.4, -0.2) is 25.6 Å². The Morgan fingerprint density at radius 2 is 1.94 bits per heavy atom. The Kier molecular flexibility index (Phi) is 5.48. The largest absolute Gasteiger partial charge is 0.321 e. The highest BCUT2D eigenvalue weighted by Gasteiger charge is 2.20. The first kappa shape index (κ1) is 21.0. The van der Waals surface area contributed by atoms with Crippen molar-refractivity contribution in [3.63, 3.8) is 0 Å². The number of thiol groups is 1. The monoisotopic (exact) mass is 458 g/mol. The third kappa shape index (κ3) is 4.29. The van der Waals surface area contributed by atoms with Crippen molar-refractivity contribution < 1.29 is 13.0 Å². The topological polar surface area (TPSA) is 70.7 Å². The maximum atomic E-state index is 15.1. The third-order valence-electron chi connectivity index (χ3n) is 4.61. The van der Waals surface area contributed by atoms with E-state index in [0.717, 1.165) is 17.0 Å². The van der Waals surface area contributed by atoms with Gasteiger partial charge in [-0.05, 0) is 52.9 Å². The van der Waals surface area contributed by atoms with Crippen molar-refractivity contribution in [2.24, 2.45) is 0 Å². The molecule has 31 heavy (non-hydrogen) atoms. The first-order valence-corrected chi connectivity index (χ1v) is 11.7. The fourth-order valence-corrected chi connectivity index (χ4v) is 5.32. The van der Waals surface area contributed by atoms with Crippen LogP contribution in [0.4, 0.5) is 14.5 Å². The summed E-state index contributed by atoms with van der Waals surface area (Å²) < 4.78 is 45.4. The van der Waals surface area contributed by atoms with Gasteiger partial charge in [0.25, 0.3) is 0 Å². The molecule has 158 valence electrons. The van der Waals surface area contributed by atoms with Gasteiger partial charge in [-0.1, -0.05) is 29.5 Å². The van der Waals surface area contributed by atoms with Crippen LogP contribution in [0.3, 0.4) is 0 Å². The molecule has 0 fully saturated rings. The average molecular weight is 459 g/mol. The summed E-state index contributed by atoms with van der Waals surface area (Å²) in [7, 11) is -3.30. The van der Waals surface area contributed by atoms with Crippen molar-refractivity contribution in [2.45, 2.75) is 11.8 Å². The Hall–Kier alpha value is -3.28. The molecule has 0 amide bonds. The summed E-state index contributed by atoms with van der Waals surface area (Å²) in [4.78, 5) is 4.51. The number of nitrogens with one attached hydrogen (secondary N) is 2. The van der Waals surface area contributed by atoms with Crippen LogP contribution < -0.4 is 4.72 Å². The molecule has 0 bridgehead atoms. The Morgan fingerprint density at radius 3 is 2.74 bits per heavy atom. The van der Waals surface area contributed by atoms with E-state index in [-0.39, 0.29) is 5.69 Å². The van der Waals surface area contributed by atoms with E-state index in [2.05, 4.69) is 31.7 Å². The first-order chi connectivity index (χ1) is 14.7. The van der Waals surface area contributed by atoms with Crippen molar-refractivity contribution in [2.75, 3.05) is 11.0 Å². The van der Waals surface area contributed by atoms with Gasteiger partial charge in [0.2, 0.25) is 0 Å². The van der Waals surface area contributed by atoms with Crippen LogP contribution in [0.2, 0.25) is 5.02 Å². The zero-order valence-electron chi connectivity index (χ0n) is 16.5. The number of aryl methyl sites for hydroxylation is 1. The highest BCUT2D eigenvalue weighted by molar-refractivity contribution is 8.03. The van der Waals surface area contributed by atoms with Gasteiger partial charge >= 0.3 is 0 Å². The molecule has 0 spiro atoms. The second kappa shape index (κ2) is 8.10. The Balaban J connectivity index is 1.69. The van der Waals surface area contributed by atoms with Crippen LogP contribution in [0, 0.1) is 30.4 Å². The summed E-state index contributed by atoms with van der Waals surface area (Å²) in [5, 5.41) is 7.61. The lowest BCUT2D eigenvalue weighted by Crippen LogP contribution is -2.22. The maximum absolute atomic E-state index is 15.1. The van der Waals surface area contributed by atoms with E-state index < -0.39 is 27.3 Å². The Labute approximate surface area is 183 Å². The number of rotatable bonds is 3. The Bertz CT molecular complexity index is 1420. The van der Waals surface area contributed by atoms with Gasteiger partial charge < -0.3 is 4.72 Å². The molecule has 0 saturated heterocycles. The molecule has 0 aliphatic carbocycles. The summed E-state index contributed by atoms with van der Waals surface area (Å²) in [5.74, 6) is 3.46. The molecule has 2 aromatic carbocycles. The number of benzene rings is 2. The molecule has 5 nitrogen and oxygen atoms in total. The Morgan fingerprint density at radius 1 is 1.13 bits per heavy atom. The SMILES string of the molecule is Cc1ccc(Cl)c([SH](C)(=O)Nc2ccc(F)c(C#Cc3cnc4[nH]ncc4c3)c2F)c1. The number of halogens is 3. The van der Waals surface area contributed by atoms with Crippen molar-refractivity contribution in [1.29, 1.82) is 0 Å². The number of nitrogens with zero attached hydrogens (tertiary/aromatic N) is 2. The van der Waals surface area contributed by atoms with Crippen LogP contribution in [0.15, 0.2) is 53.7 Å². The van der Waals surface area contributed by atoms with Crippen molar-refractivity contribution >= 4 is 38.4 Å². The number of pyridine rings is 1. The number of aromatic amines is 1. The van der Waals surface area contributed by atoms with Gasteiger partial charge in [0.05, 0.1) is 27.4 Å². The summed E-state index contributed by atoms with van der Waals surface area (Å²) in [5.41, 5.74) is 1.35. The van der Waals surface area contributed by atoms with Crippen molar-refractivity contribution in [3.05, 3.63) is 82.1 Å². The summed E-state index contributed by atoms with van der Waals surface area (Å²) in [6.07, 6.45) is 4.49. The quantitative estimate of drug-likeness (QED) is 0.309. The first-order valence-electron chi connectivity index (χ1n) is 9.16. The predicted octanol–water partition coefficient (Wildman–Crippen LogP) is 4.63. The van der Waals surface area contributed by atoms with E-state index in [9.17, 15) is 8.60 Å². The molecule has 0 saturated carbocycles. The minimum Gasteiger partial charge on any atom is -0.321 e. The second-order valence-electron chi connectivity index (χ2n) is 7.06. The minimum absolute atomic E-state index is 0.127. The van der Waals surface area contributed by atoms with Crippen LogP contribution in [-0.2, 0) is 10.1 Å². The third-order valence-corrected chi connectivity index (χ3v) is 7.03. The molecule has 4 aromatic rings. The van der Waals surface area contributed by atoms with E-state index in [1.165, 1.54) is 18.5 Å². The van der Waals surface area contributed by atoms with E-state index in [1.54, 1.807) is 30.5 Å². The lowest BCUT2D eigenvalue weighted by molar-refractivity contribution is 0.580.